The van der Waals surface area contributed by atoms with Crippen LogP contribution in [0.2, 0.25) is 0 Å². The first-order chi connectivity index (χ1) is 18.4. The third kappa shape index (κ3) is 4.56. The van der Waals surface area contributed by atoms with E-state index in [-0.39, 0.29) is 11.1 Å². The van der Waals surface area contributed by atoms with Gasteiger partial charge in [0.05, 0.1) is 36.2 Å². The van der Waals surface area contributed by atoms with Crippen molar-refractivity contribution in [3.05, 3.63) is 115 Å². The van der Waals surface area contributed by atoms with E-state index in [1.165, 1.54) is 0 Å². The van der Waals surface area contributed by atoms with Crippen LogP contribution in [-0.4, -0.2) is 34.1 Å². The zero-order valence-corrected chi connectivity index (χ0v) is 21.8. The van der Waals surface area contributed by atoms with Gasteiger partial charge in [0, 0.05) is 5.92 Å². The van der Waals surface area contributed by atoms with Crippen LogP contribution in [0.25, 0.3) is 22.5 Å². The molecule has 5 rings (SSSR count). The molecule has 0 aliphatic carbocycles. The Morgan fingerprint density at radius 2 is 1.18 bits per heavy atom. The Labute approximate surface area is 219 Å². The number of aromatic amines is 4. The van der Waals surface area contributed by atoms with E-state index in [1.54, 1.807) is 7.11 Å². The Bertz CT molecular complexity index is 1570. The van der Waals surface area contributed by atoms with E-state index in [1.807, 2.05) is 87.5 Å². The fraction of sp³-hybridized carbons (Fsp3) is 0.200. The molecule has 0 bridgehead atoms. The van der Waals surface area contributed by atoms with E-state index < -0.39 is 5.92 Å². The van der Waals surface area contributed by atoms with Gasteiger partial charge in [0.15, 0.2) is 11.5 Å². The predicted octanol–water partition coefficient (Wildman–Crippen LogP) is 5.26. The SMILES string of the molecule is CCOc1ccc(C(c2c(-c3ccc(C)cc3)[nH][nH]c2=O)c2c(-c3ccc(C)cc3)[nH][nH]c2=O)cc1OC. The fourth-order valence-electron chi connectivity index (χ4n) is 4.80. The van der Waals surface area contributed by atoms with Gasteiger partial charge >= 0.3 is 0 Å². The van der Waals surface area contributed by atoms with Crippen LogP contribution in [0.4, 0.5) is 0 Å². The summed E-state index contributed by atoms with van der Waals surface area (Å²) in [6.45, 7) is 6.39. The van der Waals surface area contributed by atoms with Gasteiger partial charge in [0.1, 0.15) is 0 Å². The molecule has 0 saturated heterocycles. The van der Waals surface area contributed by atoms with Crippen LogP contribution in [0.15, 0.2) is 76.3 Å². The number of hydrogen-bond donors (Lipinski definition) is 4. The van der Waals surface area contributed by atoms with Gasteiger partial charge in [-0.05, 0) is 49.6 Å². The Kier molecular flexibility index (Phi) is 6.79. The average molecular weight is 511 g/mol. The van der Waals surface area contributed by atoms with E-state index in [4.69, 9.17) is 9.47 Å². The van der Waals surface area contributed by atoms with Crippen LogP contribution in [0.1, 0.15) is 40.7 Å². The van der Waals surface area contributed by atoms with Crippen LogP contribution in [0, 0.1) is 13.8 Å². The van der Waals surface area contributed by atoms with Crippen molar-refractivity contribution in [1.82, 2.24) is 20.4 Å². The number of aromatic nitrogens is 4. The van der Waals surface area contributed by atoms with Crippen molar-refractivity contribution in [2.75, 3.05) is 13.7 Å². The zero-order valence-electron chi connectivity index (χ0n) is 21.8. The highest BCUT2D eigenvalue weighted by Gasteiger charge is 2.31. The van der Waals surface area contributed by atoms with E-state index in [0.29, 0.717) is 46.2 Å². The van der Waals surface area contributed by atoms with Gasteiger partial charge in [-0.15, -0.1) is 0 Å². The number of aryl methyl sites for hydroxylation is 2. The fourth-order valence-corrected chi connectivity index (χ4v) is 4.80. The molecule has 0 fully saturated rings. The summed E-state index contributed by atoms with van der Waals surface area (Å²) in [5.41, 5.74) is 6.04. The molecule has 0 aliphatic rings. The molecule has 5 aromatic rings. The third-order valence-corrected chi connectivity index (χ3v) is 6.71. The Morgan fingerprint density at radius 1 is 0.684 bits per heavy atom. The number of H-pyrrole nitrogens is 4. The van der Waals surface area contributed by atoms with Crippen LogP contribution >= 0.6 is 0 Å². The van der Waals surface area contributed by atoms with Gasteiger partial charge < -0.3 is 9.47 Å². The standard InChI is InChI=1S/C30H30N4O4/c1-5-38-22-15-14-21(16-23(22)37-4)24(25-27(31-33-29(25)35)19-10-6-17(2)7-11-19)26-28(32-34-30(26)36)20-12-8-18(3)9-13-20/h6-16,24H,5H2,1-4H3,(H2,31,33,35)(H2,32,34,36). The molecule has 0 unspecified atom stereocenters. The molecule has 4 N–H and O–H groups in total. The number of hydrogen-bond acceptors (Lipinski definition) is 4. The second-order valence-electron chi connectivity index (χ2n) is 9.24. The normalized spacial score (nSPS) is 11.2. The molecule has 0 amide bonds. The van der Waals surface area contributed by atoms with Gasteiger partial charge in [0.2, 0.25) is 0 Å². The highest BCUT2D eigenvalue weighted by Crippen LogP contribution is 2.40. The first-order valence-electron chi connectivity index (χ1n) is 12.5. The van der Waals surface area contributed by atoms with Gasteiger partial charge in [0.25, 0.3) is 11.1 Å². The van der Waals surface area contributed by atoms with Gasteiger partial charge in [-0.3, -0.25) is 30.0 Å². The number of nitrogens with one attached hydrogen (secondary N) is 4. The summed E-state index contributed by atoms with van der Waals surface area (Å²) in [6.07, 6.45) is 0. The maximum absolute atomic E-state index is 13.5. The van der Waals surface area contributed by atoms with E-state index >= 15 is 0 Å². The second kappa shape index (κ2) is 10.3. The number of ether oxygens (including phenoxy) is 2. The van der Waals surface area contributed by atoms with Gasteiger partial charge in [-0.25, -0.2) is 0 Å². The van der Waals surface area contributed by atoms with Crippen LogP contribution in [0.5, 0.6) is 11.5 Å². The summed E-state index contributed by atoms with van der Waals surface area (Å²) in [4.78, 5) is 26.9. The molecule has 0 saturated carbocycles. The molecule has 0 aliphatic heterocycles. The molecular weight excluding hydrogens is 480 g/mol. The van der Waals surface area contributed by atoms with Crippen molar-refractivity contribution in [2.24, 2.45) is 0 Å². The van der Waals surface area contributed by atoms with E-state index in [0.717, 1.165) is 22.3 Å². The first-order valence-corrected chi connectivity index (χ1v) is 12.5. The molecule has 2 aromatic heterocycles. The minimum atomic E-state index is -0.725. The highest BCUT2D eigenvalue weighted by atomic mass is 16.5. The van der Waals surface area contributed by atoms with E-state index in [9.17, 15) is 9.59 Å². The summed E-state index contributed by atoms with van der Waals surface area (Å²) in [6, 6.07) is 21.3. The molecule has 0 atom stereocenters. The van der Waals surface area contributed by atoms with Crippen molar-refractivity contribution in [2.45, 2.75) is 26.7 Å². The maximum atomic E-state index is 13.5. The molecule has 38 heavy (non-hydrogen) atoms. The molecule has 2 heterocycles. The number of rotatable bonds is 8. The maximum Gasteiger partial charge on any atom is 0.268 e. The largest absolute Gasteiger partial charge is 0.493 e. The smallest absolute Gasteiger partial charge is 0.268 e. The highest BCUT2D eigenvalue weighted by molar-refractivity contribution is 5.71. The predicted molar refractivity (Wildman–Crippen MR) is 148 cm³/mol. The van der Waals surface area contributed by atoms with Crippen LogP contribution < -0.4 is 20.6 Å². The quantitative estimate of drug-likeness (QED) is 0.228. The Balaban J connectivity index is 1.80. The second-order valence-corrected chi connectivity index (χ2v) is 9.24. The molecule has 3 aromatic carbocycles. The van der Waals surface area contributed by atoms with Crippen LogP contribution in [0.3, 0.4) is 0 Å². The summed E-state index contributed by atoms with van der Waals surface area (Å²) in [5.74, 6) is 0.375. The van der Waals surface area contributed by atoms with Crippen molar-refractivity contribution in [1.29, 1.82) is 0 Å². The lowest BCUT2D eigenvalue weighted by Crippen LogP contribution is -2.20. The number of benzene rings is 3. The molecule has 8 nitrogen and oxygen atoms in total. The third-order valence-electron chi connectivity index (χ3n) is 6.71. The summed E-state index contributed by atoms with van der Waals surface area (Å²) < 4.78 is 11.4. The molecule has 0 radical (unpaired) electrons. The average Bonchev–Trinajstić information content (AvgIpc) is 3.49. The molecular formula is C30H30N4O4. The molecule has 194 valence electrons. The van der Waals surface area contributed by atoms with Crippen molar-refractivity contribution in [3.8, 4) is 34.0 Å². The minimum absolute atomic E-state index is 0.311. The summed E-state index contributed by atoms with van der Waals surface area (Å²) in [7, 11) is 1.57. The Hall–Kier alpha value is -4.72. The topological polar surface area (TPSA) is 116 Å². The number of methoxy groups -OCH3 is 1. The van der Waals surface area contributed by atoms with E-state index in [2.05, 4.69) is 20.4 Å². The molecule has 0 spiro atoms. The lowest BCUT2D eigenvalue weighted by Gasteiger charge is -2.20. The first kappa shape index (κ1) is 25.0. The minimum Gasteiger partial charge on any atom is -0.493 e. The lowest BCUT2D eigenvalue weighted by molar-refractivity contribution is 0.310. The van der Waals surface area contributed by atoms with Crippen molar-refractivity contribution in [3.63, 3.8) is 0 Å². The summed E-state index contributed by atoms with van der Waals surface area (Å²) in [5, 5.41) is 11.6. The van der Waals surface area contributed by atoms with Crippen LogP contribution in [-0.2, 0) is 0 Å². The lowest BCUT2D eigenvalue weighted by atomic mass is 9.83. The Morgan fingerprint density at radius 3 is 1.63 bits per heavy atom. The van der Waals surface area contributed by atoms with Gasteiger partial charge in [-0.2, -0.15) is 0 Å². The summed E-state index contributed by atoms with van der Waals surface area (Å²) >= 11 is 0. The van der Waals surface area contributed by atoms with Crippen molar-refractivity contribution >= 4 is 0 Å². The van der Waals surface area contributed by atoms with Crippen molar-refractivity contribution < 1.29 is 9.47 Å². The monoisotopic (exact) mass is 510 g/mol. The zero-order chi connectivity index (χ0) is 26.8. The molecule has 8 heteroatoms. The van der Waals surface area contributed by atoms with Gasteiger partial charge in [-0.1, -0.05) is 65.7 Å².